The predicted octanol–water partition coefficient (Wildman–Crippen LogP) is 4.86. The molecule has 21 heavy (non-hydrogen) atoms. The number of hydrogen-bond acceptors (Lipinski definition) is 1. The molecule has 104 valence electrons. The fourth-order valence-electron chi connectivity index (χ4n) is 3.46. The first-order valence-electron chi connectivity index (χ1n) is 7.35. The fraction of sp³-hybridized carbons (Fsp3) is 0.211. The topological polar surface area (TPSA) is 17.8 Å². The van der Waals surface area contributed by atoms with Gasteiger partial charge in [-0.05, 0) is 32.4 Å². The Morgan fingerprint density at radius 2 is 1.71 bits per heavy atom. The lowest BCUT2D eigenvalue weighted by Gasteiger charge is -2.31. The van der Waals surface area contributed by atoms with E-state index in [9.17, 15) is 0 Å². The summed E-state index contributed by atoms with van der Waals surface area (Å²) >= 11 is 0. The van der Waals surface area contributed by atoms with Gasteiger partial charge in [-0.1, -0.05) is 48.5 Å². The van der Waals surface area contributed by atoms with Gasteiger partial charge >= 0.3 is 0 Å². The van der Waals surface area contributed by atoms with Gasteiger partial charge < -0.3 is 4.57 Å². The summed E-state index contributed by atoms with van der Waals surface area (Å²) in [4.78, 5) is 4.91. The summed E-state index contributed by atoms with van der Waals surface area (Å²) in [5, 5.41) is 0. The van der Waals surface area contributed by atoms with Gasteiger partial charge in [0.05, 0.1) is 16.6 Å². The van der Waals surface area contributed by atoms with Crippen LogP contribution in [-0.4, -0.2) is 9.55 Å². The lowest BCUT2D eigenvalue weighted by atomic mass is 9.92. The molecule has 1 aromatic heterocycles. The van der Waals surface area contributed by atoms with Crippen LogP contribution in [-0.2, 0) is 5.54 Å². The Labute approximate surface area is 124 Å². The maximum atomic E-state index is 4.91. The third-order valence-corrected chi connectivity index (χ3v) is 4.28. The molecule has 0 aliphatic carbocycles. The average molecular weight is 274 g/mol. The molecule has 0 saturated carbocycles. The Bertz CT molecular complexity index is 867. The van der Waals surface area contributed by atoms with Crippen molar-refractivity contribution >= 4 is 16.6 Å². The number of allylic oxidation sites excluding steroid dienone is 2. The van der Waals surface area contributed by atoms with Gasteiger partial charge in [0.1, 0.15) is 5.82 Å². The van der Waals surface area contributed by atoms with Crippen molar-refractivity contribution < 1.29 is 0 Å². The van der Waals surface area contributed by atoms with E-state index in [0.29, 0.717) is 0 Å². The number of para-hydroxylation sites is 1. The maximum absolute atomic E-state index is 4.91. The van der Waals surface area contributed by atoms with Crippen molar-refractivity contribution in [1.82, 2.24) is 9.55 Å². The Hall–Kier alpha value is -2.35. The molecule has 2 heteroatoms. The molecule has 0 amide bonds. The lowest BCUT2D eigenvalue weighted by molar-refractivity contribution is 0.470. The van der Waals surface area contributed by atoms with Crippen LogP contribution in [0, 0.1) is 0 Å². The van der Waals surface area contributed by atoms with Crippen LogP contribution in [0.3, 0.4) is 0 Å². The number of hydrogen-bond donors (Lipinski definition) is 0. The maximum Gasteiger partial charge on any atom is 0.141 e. The third-order valence-electron chi connectivity index (χ3n) is 4.28. The number of rotatable bonds is 1. The van der Waals surface area contributed by atoms with Crippen molar-refractivity contribution in [3.8, 4) is 11.4 Å². The standard InChI is InChI=1S/C19H18N2/c1-13-12-19(2,3)21-17-15(13)10-7-11-16(17)20-18(21)14-8-5-4-6-9-14/h4-12H,1-3H3. The molecule has 1 aliphatic heterocycles. The summed E-state index contributed by atoms with van der Waals surface area (Å²) in [6.45, 7) is 6.69. The van der Waals surface area contributed by atoms with E-state index in [1.807, 2.05) is 6.07 Å². The summed E-state index contributed by atoms with van der Waals surface area (Å²) in [7, 11) is 0. The largest absolute Gasteiger partial charge is 0.314 e. The molecule has 0 fully saturated rings. The molecule has 0 N–H and O–H groups in total. The van der Waals surface area contributed by atoms with E-state index in [2.05, 4.69) is 73.9 Å². The first-order valence-corrected chi connectivity index (χ1v) is 7.35. The molecular formula is C19H18N2. The van der Waals surface area contributed by atoms with E-state index in [1.165, 1.54) is 22.2 Å². The molecule has 2 aromatic carbocycles. The smallest absolute Gasteiger partial charge is 0.141 e. The van der Waals surface area contributed by atoms with Crippen LogP contribution in [0.1, 0.15) is 26.3 Å². The van der Waals surface area contributed by atoms with Gasteiger partial charge in [-0.3, -0.25) is 0 Å². The zero-order valence-corrected chi connectivity index (χ0v) is 12.6. The van der Waals surface area contributed by atoms with Crippen molar-refractivity contribution in [2.45, 2.75) is 26.3 Å². The Kier molecular flexibility index (Phi) is 2.41. The molecule has 0 unspecified atom stereocenters. The summed E-state index contributed by atoms with van der Waals surface area (Å²) in [5.41, 5.74) is 6.05. The first-order chi connectivity index (χ1) is 10.1. The molecule has 0 spiro atoms. The third kappa shape index (κ3) is 1.69. The molecular weight excluding hydrogens is 256 g/mol. The molecule has 2 nitrogen and oxygen atoms in total. The average Bonchev–Trinajstić information content (AvgIpc) is 2.87. The minimum atomic E-state index is -0.0711. The SMILES string of the molecule is CC1=CC(C)(C)n2c(-c3ccccc3)nc3cccc1c32. The van der Waals surface area contributed by atoms with E-state index >= 15 is 0 Å². The molecule has 4 rings (SSSR count). The number of benzene rings is 2. The fourth-order valence-corrected chi connectivity index (χ4v) is 3.46. The normalized spacial score (nSPS) is 16.0. The number of aromatic nitrogens is 2. The number of nitrogens with zero attached hydrogens (tertiary/aromatic N) is 2. The molecule has 2 heterocycles. The van der Waals surface area contributed by atoms with E-state index in [0.717, 1.165) is 11.3 Å². The van der Waals surface area contributed by atoms with Gasteiger partial charge in [0.2, 0.25) is 0 Å². The molecule has 1 aliphatic rings. The highest BCUT2D eigenvalue weighted by Crippen LogP contribution is 2.40. The highest BCUT2D eigenvalue weighted by Gasteiger charge is 2.30. The van der Waals surface area contributed by atoms with E-state index in [4.69, 9.17) is 4.98 Å². The van der Waals surface area contributed by atoms with Crippen molar-refractivity contribution in [2.75, 3.05) is 0 Å². The molecule has 0 bridgehead atoms. The van der Waals surface area contributed by atoms with E-state index in [-0.39, 0.29) is 5.54 Å². The summed E-state index contributed by atoms with van der Waals surface area (Å²) in [6, 6.07) is 16.8. The minimum absolute atomic E-state index is 0.0711. The van der Waals surface area contributed by atoms with Crippen LogP contribution in [0.2, 0.25) is 0 Å². The second kappa shape index (κ2) is 4.08. The monoisotopic (exact) mass is 274 g/mol. The quantitative estimate of drug-likeness (QED) is 0.620. The molecule has 3 aromatic rings. The van der Waals surface area contributed by atoms with Crippen LogP contribution >= 0.6 is 0 Å². The van der Waals surface area contributed by atoms with Gasteiger partial charge in [-0.15, -0.1) is 0 Å². The highest BCUT2D eigenvalue weighted by molar-refractivity contribution is 5.93. The predicted molar refractivity (Wildman–Crippen MR) is 88.1 cm³/mol. The van der Waals surface area contributed by atoms with Crippen LogP contribution in [0.4, 0.5) is 0 Å². The van der Waals surface area contributed by atoms with Crippen molar-refractivity contribution in [3.63, 3.8) is 0 Å². The van der Waals surface area contributed by atoms with Gasteiger partial charge in [-0.25, -0.2) is 4.98 Å². The van der Waals surface area contributed by atoms with Crippen LogP contribution in [0.15, 0.2) is 54.6 Å². The van der Waals surface area contributed by atoms with E-state index in [1.54, 1.807) is 0 Å². The highest BCUT2D eigenvalue weighted by atomic mass is 15.1. The van der Waals surface area contributed by atoms with Gasteiger partial charge in [0.25, 0.3) is 0 Å². The van der Waals surface area contributed by atoms with Crippen molar-refractivity contribution in [2.24, 2.45) is 0 Å². The van der Waals surface area contributed by atoms with E-state index < -0.39 is 0 Å². The van der Waals surface area contributed by atoms with Crippen molar-refractivity contribution in [3.05, 3.63) is 60.2 Å². The van der Waals surface area contributed by atoms with Crippen LogP contribution in [0.5, 0.6) is 0 Å². The summed E-state index contributed by atoms with van der Waals surface area (Å²) in [6.07, 6.45) is 2.34. The Morgan fingerprint density at radius 3 is 2.48 bits per heavy atom. The van der Waals surface area contributed by atoms with Gasteiger partial charge in [-0.2, -0.15) is 0 Å². The first kappa shape index (κ1) is 12.4. The van der Waals surface area contributed by atoms with Gasteiger partial charge in [0.15, 0.2) is 0 Å². The van der Waals surface area contributed by atoms with Crippen LogP contribution in [0.25, 0.3) is 28.0 Å². The second-order valence-corrected chi connectivity index (χ2v) is 6.29. The number of imidazole rings is 1. The Balaban J connectivity index is 2.15. The molecule has 0 saturated heterocycles. The minimum Gasteiger partial charge on any atom is -0.314 e. The lowest BCUT2D eigenvalue weighted by Crippen LogP contribution is -2.27. The second-order valence-electron chi connectivity index (χ2n) is 6.29. The van der Waals surface area contributed by atoms with Crippen molar-refractivity contribution in [1.29, 1.82) is 0 Å². The zero-order chi connectivity index (χ0) is 14.6. The molecule has 0 radical (unpaired) electrons. The van der Waals surface area contributed by atoms with Crippen LogP contribution < -0.4 is 0 Å². The summed E-state index contributed by atoms with van der Waals surface area (Å²) in [5.74, 6) is 1.05. The summed E-state index contributed by atoms with van der Waals surface area (Å²) < 4.78 is 2.38. The molecule has 0 atom stereocenters. The zero-order valence-electron chi connectivity index (χ0n) is 12.6. The van der Waals surface area contributed by atoms with Gasteiger partial charge in [0, 0.05) is 11.1 Å². The Morgan fingerprint density at radius 1 is 0.952 bits per heavy atom.